The number of para-hydroxylation sites is 1. The normalized spacial score (nSPS) is 11.6. The lowest BCUT2D eigenvalue weighted by Gasteiger charge is -1.98. The van der Waals surface area contributed by atoms with Crippen LogP contribution in [-0.2, 0) is 0 Å². The summed E-state index contributed by atoms with van der Waals surface area (Å²) in [5.41, 5.74) is 1.68. The number of fused-ring (bicyclic) bond motifs is 2. The zero-order valence-electron chi connectivity index (χ0n) is 12.8. The molecule has 2 heterocycles. The molecule has 2 aromatic heterocycles. The van der Waals surface area contributed by atoms with Crippen LogP contribution >= 0.6 is 11.6 Å². The van der Waals surface area contributed by atoms with Crippen LogP contribution < -0.4 is 0 Å². The molecule has 0 atom stereocenters. The van der Waals surface area contributed by atoms with Crippen molar-refractivity contribution in [1.29, 1.82) is 0 Å². The van der Waals surface area contributed by atoms with Crippen molar-refractivity contribution in [1.82, 2.24) is 9.97 Å². The zero-order valence-corrected chi connectivity index (χ0v) is 13.5. The molecule has 1 amide bonds. The molecule has 0 aliphatic carbocycles. The number of carbonyl (C=O) groups excluding carboxylic acids is 1. The molecule has 0 unspecified atom stereocenters. The lowest BCUT2D eigenvalue weighted by Crippen LogP contribution is -1.97. The molecule has 122 valence electrons. The van der Waals surface area contributed by atoms with Gasteiger partial charge in [-0.2, -0.15) is 0 Å². The van der Waals surface area contributed by atoms with Gasteiger partial charge in [-0.3, -0.25) is 4.79 Å². The van der Waals surface area contributed by atoms with Crippen molar-refractivity contribution in [2.45, 2.75) is 0 Å². The zero-order chi connectivity index (χ0) is 17.4. The highest BCUT2D eigenvalue weighted by Crippen LogP contribution is 2.36. The first-order valence-electron chi connectivity index (χ1n) is 7.44. The molecule has 0 saturated carbocycles. The van der Waals surface area contributed by atoms with Crippen LogP contribution in [-0.4, -0.2) is 21.0 Å². The Morgan fingerprint density at radius 2 is 1.96 bits per heavy atom. The van der Waals surface area contributed by atoms with Crippen LogP contribution in [0.1, 0.15) is 10.5 Å². The first-order chi connectivity index (χ1) is 12.1. The molecule has 25 heavy (non-hydrogen) atoms. The second kappa shape index (κ2) is 5.99. The Morgan fingerprint density at radius 3 is 2.84 bits per heavy atom. The summed E-state index contributed by atoms with van der Waals surface area (Å²) in [6.07, 6.45) is 0. The third kappa shape index (κ3) is 2.83. The summed E-state index contributed by atoms with van der Waals surface area (Å²) in [5.74, 6) is -0.776. The van der Waals surface area contributed by atoms with Gasteiger partial charge in [0.2, 0.25) is 5.88 Å². The van der Waals surface area contributed by atoms with Gasteiger partial charge in [0.05, 0.1) is 11.0 Å². The number of halogens is 1. The molecule has 0 aliphatic heterocycles. The lowest BCUT2D eigenvalue weighted by molar-refractivity contribution is 0.0990. The Bertz CT molecular complexity index is 1150. The van der Waals surface area contributed by atoms with E-state index >= 15 is 0 Å². The van der Waals surface area contributed by atoms with E-state index in [-0.39, 0.29) is 17.3 Å². The monoisotopic (exact) mass is 350 g/mol. The first kappa shape index (κ1) is 15.3. The van der Waals surface area contributed by atoms with Gasteiger partial charge in [-0.1, -0.05) is 35.9 Å². The number of aromatic amines is 1. The van der Waals surface area contributed by atoms with Gasteiger partial charge >= 0.3 is 5.91 Å². The average molecular weight is 351 g/mol. The number of nitrogens with zero attached hydrogens (tertiary/aromatic N) is 3. The number of aromatic hydroxyl groups is 1. The summed E-state index contributed by atoms with van der Waals surface area (Å²) in [6, 6.07) is 15.9. The van der Waals surface area contributed by atoms with Gasteiger partial charge in [0, 0.05) is 15.8 Å². The fraction of sp³-hybridized carbons (Fsp3) is 0. The van der Waals surface area contributed by atoms with Crippen LogP contribution in [0.2, 0.25) is 5.02 Å². The number of pyridine rings is 1. The number of hydrogen-bond acceptors (Lipinski definition) is 4. The van der Waals surface area contributed by atoms with Crippen molar-refractivity contribution < 1.29 is 9.90 Å². The van der Waals surface area contributed by atoms with Gasteiger partial charge < -0.3 is 10.1 Å². The fourth-order valence-electron chi connectivity index (χ4n) is 2.57. The Hall–Kier alpha value is -3.25. The second-order valence-electron chi connectivity index (χ2n) is 5.41. The molecule has 0 radical (unpaired) electrons. The van der Waals surface area contributed by atoms with E-state index < -0.39 is 5.91 Å². The molecule has 2 aromatic carbocycles. The summed E-state index contributed by atoms with van der Waals surface area (Å²) in [5, 5.41) is 19.5. The standard InChI is InChI=1S/C18H11ClN4O2/c19-11-6-8-14-12(9-11)16(18(25)21-14)22-23-17(24)15-7-5-10-3-1-2-4-13(10)20-15/h1-9,21,25H. The predicted molar refractivity (Wildman–Crippen MR) is 95.6 cm³/mol. The summed E-state index contributed by atoms with van der Waals surface area (Å²) in [6.45, 7) is 0. The van der Waals surface area contributed by atoms with E-state index in [9.17, 15) is 9.90 Å². The van der Waals surface area contributed by atoms with E-state index in [4.69, 9.17) is 11.6 Å². The first-order valence-corrected chi connectivity index (χ1v) is 7.82. The highest BCUT2D eigenvalue weighted by atomic mass is 35.5. The van der Waals surface area contributed by atoms with E-state index in [1.54, 1.807) is 30.3 Å². The Balaban J connectivity index is 1.70. The topological polar surface area (TPSA) is 90.7 Å². The molecule has 4 aromatic rings. The highest BCUT2D eigenvalue weighted by Gasteiger charge is 2.13. The Morgan fingerprint density at radius 1 is 1.12 bits per heavy atom. The molecule has 0 bridgehead atoms. The van der Waals surface area contributed by atoms with Crippen molar-refractivity contribution in [2.75, 3.05) is 0 Å². The number of aromatic nitrogens is 2. The Labute approximate surface area is 146 Å². The third-order valence-electron chi connectivity index (χ3n) is 3.77. The molecule has 6 nitrogen and oxygen atoms in total. The van der Waals surface area contributed by atoms with Gasteiger partial charge in [-0.05, 0) is 30.3 Å². The molecule has 0 saturated heterocycles. The minimum atomic E-state index is -0.596. The maximum absolute atomic E-state index is 12.3. The van der Waals surface area contributed by atoms with Gasteiger partial charge in [0.25, 0.3) is 0 Å². The predicted octanol–water partition coefficient (Wildman–Crippen LogP) is 5.00. The quantitative estimate of drug-likeness (QED) is 0.498. The van der Waals surface area contributed by atoms with Crippen molar-refractivity contribution in [2.24, 2.45) is 10.2 Å². The van der Waals surface area contributed by atoms with Crippen molar-refractivity contribution in [3.8, 4) is 5.88 Å². The van der Waals surface area contributed by atoms with Gasteiger partial charge in [-0.25, -0.2) is 4.98 Å². The van der Waals surface area contributed by atoms with Gasteiger partial charge in [0.15, 0.2) is 5.69 Å². The van der Waals surface area contributed by atoms with Crippen LogP contribution in [0.3, 0.4) is 0 Å². The van der Waals surface area contributed by atoms with Gasteiger partial charge in [-0.15, -0.1) is 10.2 Å². The smallest absolute Gasteiger partial charge is 0.313 e. The number of amides is 1. The number of azo groups is 1. The minimum absolute atomic E-state index is 0.159. The SMILES string of the molecule is O=C(N=Nc1c(O)[nH]c2ccc(Cl)cc12)c1ccc2ccccc2n1. The van der Waals surface area contributed by atoms with E-state index in [0.717, 1.165) is 5.39 Å². The maximum atomic E-state index is 12.3. The molecule has 2 N–H and O–H groups in total. The molecule has 0 fully saturated rings. The number of benzene rings is 2. The summed E-state index contributed by atoms with van der Waals surface area (Å²) in [7, 11) is 0. The highest BCUT2D eigenvalue weighted by molar-refractivity contribution is 6.31. The van der Waals surface area contributed by atoms with Crippen LogP contribution in [0.5, 0.6) is 5.88 Å². The molecule has 0 spiro atoms. The maximum Gasteiger partial charge on any atom is 0.313 e. The van der Waals surface area contributed by atoms with Crippen LogP contribution in [0.4, 0.5) is 5.69 Å². The largest absolute Gasteiger partial charge is 0.493 e. The minimum Gasteiger partial charge on any atom is -0.493 e. The summed E-state index contributed by atoms with van der Waals surface area (Å²) < 4.78 is 0. The molecular formula is C18H11ClN4O2. The van der Waals surface area contributed by atoms with Crippen molar-refractivity contribution in [3.63, 3.8) is 0 Å². The van der Waals surface area contributed by atoms with Crippen LogP contribution in [0.15, 0.2) is 64.8 Å². The number of nitrogens with one attached hydrogen (secondary N) is 1. The Kier molecular flexibility index (Phi) is 3.66. The third-order valence-corrected chi connectivity index (χ3v) is 4.01. The van der Waals surface area contributed by atoms with Crippen LogP contribution in [0.25, 0.3) is 21.8 Å². The molecule has 0 aliphatic rings. The van der Waals surface area contributed by atoms with Crippen molar-refractivity contribution >= 4 is 45.0 Å². The van der Waals surface area contributed by atoms with E-state index in [0.29, 0.717) is 21.4 Å². The fourth-order valence-corrected chi connectivity index (χ4v) is 2.74. The number of H-pyrrole nitrogens is 1. The van der Waals surface area contributed by atoms with Crippen molar-refractivity contribution in [3.05, 3.63) is 65.3 Å². The van der Waals surface area contributed by atoms with Gasteiger partial charge in [0.1, 0.15) is 5.69 Å². The summed E-state index contributed by atoms with van der Waals surface area (Å²) in [4.78, 5) is 19.3. The number of carbonyl (C=O) groups is 1. The number of rotatable bonds is 2. The lowest BCUT2D eigenvalue weighted by atomic mass is 10.2. The molecular weight excluding hydrogens is 340 g/mol. The number of hydrogen-bond donors (Lipinski definition) is 2. The molecule has 7 heteroatoms. The van der Waals surface area contributed by atoms with E-state index in [1.807, 2.05) is 24.3 Å². The second-order valence-corrected chi connectivity index (χ2v) is 5.84. The van der Waals surface area contributed by atoms with Crippen LogP contribution in [0, 0.1) is 0 Å². The molecule has 4 rings (SSSR count). The average Bonchev–Trinajstić information content (AvgIpc) is 2.93. The summed E-state index contributed by atoms with van der Waals surface area (Å²) >= 11 is 5.97. The van der Waals surface area contributed by atoms with E-state index in [1.165, 1.54) is 0 Å². The van der Waals surface area contributed by atoms with E-state index in [2.05, 4.69) is 20.2 Å².